The second kappa shape index (κ2) is 12.0. The summed E-state index contributed by atoms with van der Waals surface area (Å²) in [6, 6.07) is 0. The van der Waals surface area contributed by atoms with Crippen LogP contribution in [0, 0.1) is 11.8 Å². The third-order valence-electron chi connectivity index (χ3n) is 4.08. The van der Waals surface area contributed by atoms with Crippen molar-refractivity contribution in [3.05, 3.63) is 32.6 Å². The van der Waals surface area contributed by atoms with Gasteiger partial charge in [0.25, 0.3) is 5.56 Å². The van der Waals surface area contributed by atoms with Crippen molar-refractivity contribution >= 4 is 29.4 Å². The van der Waals surface area contributed by atoms with E-state index in [-0.39, 0.29) is 25.1 Å². The number of hydrogen-bond acceptors (Lipinski definition) is 12. The van der Waals surface area contributed by atoms with Gasteiger partial charge in [-0.3, -0.25) is 23.7 Å². The number of phosphoric acid groups is 3. The summed E-state index contributed by atoms with van der Waals surface area (Å²) in [7, 11) is -16.8. The lowest BCUT2D eigenvalue weighted by molar-refractivity contribution is -0.119. The van der Waals surface area contributed by atoms with Crippen molar-refractivity contribution in [3.8, 4) is 11.8 Å². The highest BCUT2D eigenvalue weighted by Crippen LogP contribution is 2.66. The molecule has 1 amide bonds. The van der Waals surface area contributed by atoms with Crippen LogP contribution in [0.15, 0.2) is 15.8 Å². The number of aliphatic hydroxyl groups is 1. The zero-order chi connectivity index (χ0) is 27.3. The summed E-state index contributed by atoms with van der Waals surface area (Å²) >= 11 is 0. The molecule has 0 saturated carbocycles. The Labute approximate surface area is 200 Å². The van der Waals surface area contributed by atoms with Crippen LogP contribution in [-0.4, -0.2) is 72.0 Å². The third-order valence-corrected chi connectivity index (χ3v) is 7.89. The Morgan fingerprint density at radius 2 is 1.89 bits per heavy atom. The minimum absolute atomic E-state index is 0.143. The van der Waals surface area contributed by atoms with E-state index in [4.69, 9.17) is 25.2 Å². The average Bonchev–Trinajstić information content (AvgIpc) is 3.08. The van der Waals surface area contributed by atoms with E-state index < -0.39 is 65.7 Å². The molecule has 1 aliphatic heterocycles. The second-order valence-corrected chi connectivity index (χ2v) is 11.2. The van der Waals surface area contributed by atoms with Gasteiger partial charge in [-0.1, -0.05) is 11.8 Å². The van der Waals surface area contributed by atoms with Gasteiger partial charge in [-0.15, -0.1) is 0 Å². The topological polar surface area (TPSA) is 299 Å². The van der Waals surface area contributed by atoms with Gasteiger partial charge in [-0.25, -0.2) is 18.5 Å². The molecule has 0 aromatic carbocycles. The molecular weight excluding hydrogens is 557 g/mol. The molecule has 9 N–H and O–H groups in total. The largest absolute Gasteiger partial charge is 0.490 e. The molecule has 2 unspecified atom stereocenters. The lowest BCUT2D eigenvalue weighted by atomic mass is 10.2. The lowest BCUT2D eigenvalue weighted by Gasteiger charge is -2.19. The van der Waals surface area contributed by atoms with Crippen LogP contribution in [0.4, 0.5) is 0 Å². The van der Waals surface area contributed by atoms with Gasteiger partial charge in [0.1, 0.15) is 17.9 Å². The first-order valence-corrected chi connectivity index (χ1v) is 14.0. The van der Waals surface area contributed by atoms with Crippen LogP contribution < -0.4 is 22.3 Å². The van der Waals surface area contributed by atoms with Crippen molar-refractivity contribution < 1.29 is 61.1 Å². The Morgan fingerprint density at radius 3 is 2.50 bits per heavy atom. The molecule has 36 heavy (non-hydrogen) atoms. The van der Waals surface area contributed by atoms with E-state index in [0.29, 0.717) is 0 Å². The van der Waals surface area contributed by atoms with Crippen LogP contribution in [-0.2, 0) is 36.4 Å². The van der Waals surface area contributed by atoms with Gasteiger partial charge in [-0.05, 0) is 0 Å². The SMILES string of the molecule is NCC(=O)NCC#Cc1cn([C@H]2C[C@H](O)[C@@H](COP(=O)(O)OP(=O)(O)OP(=O)(O)O)O2)c(=O)[nH]c1=O. The minimum Gasteiger partial charge on any atom is -0.390 e. The number of nitrogens with zero attached hydrogens (tertiary/aromatic N) is 1. The molecule has 0 aliphatic carbocycles. The van der Waals surface area contributed by atoms with E-state index in [9.17, 15) is 38.1 Å². The first kappa shape index (κ1) is 30.2. The molecule has 0 bridgehead atoms. The number of amides is 1. The van der Waals surface area contributed by atoms with E-state index in [0.717, 1.165) is 10.8 Å². The van der Waals surface area contributed by atoms with Crippen molar-refractivity contribution in [1.29, 1.82) is 0 Å². The third kappa shape index (κ3) is 9.47. The van der Waals surface area contributed by atoms with Crippen LogP contribution in [0.3, 0.4) is 0 Å². The monoisotopic (exact) mass is 578 g/mol. The molecule has 5 atom stereocenters. The first-order valence-electron chi connectivity index (χ1n) is 9.45. The molecule has 0 spiro atoms. The van der Waals surface area contributed by atoms with Crippen LogP contribution >= 0.6 is 23.5 Å². The van der Waals surface area contributed by atoms with Gasteiger partial charge in [0.05, 0.1) is 25.8 Å². The second-order valence-electron chi connectivity index (χ2n) is 6.81. The highest BCUT2D eigenvalue weighted by molar-refractivity contribution is 7.66. The molecule has 22 heteroatoms. The number of rotatable bonds is 10. The maximum atomic E-state index is 12.2. The summed E-state index contributed by atoms with van der Waals surface area (Å²) in [4.78, 5) is 72.9. The molecule has 0 radical (unpaired) electrons. The van der Waals surface area contributed by atoms with Crippen LogP contribution in [0.5, 0.6) is 0 Å². The average molecular weight is 578 g/mol. The number of aromatic nitrogens is 2. The van der Waals surface area contributed by atoms with E-state index in [1.807, 2.05) is 4.98 Å². The zero-order valence-electron chi connectivity index (χ0n) is 17.8. The number of hydrogen-bond donors (Lipinski definition) is 8. The highest BCUT2D eigenvalue weighted by Gasteiger charge is 2.43. The van der Waals surface area contributed by atoms with Gasteiger partial charge >= 0.3 is 29.2 Å². The van der Waals surface area contributed by atoms with Crippen LogP contribution in [0.25, 0.3) is 0 Å². The number of nitrogens with one attached hydrogen (secondary N) is 2. The van der Waals surface area contributed by atoms with Crippen molar-refractivity contribution in [2.75, 3.05) is 19.7 Å². The number of aliphatic hydroxyl groups excluding tert-OH is 1. The fraction of sp³-hybridized carbons (Fsp3) is 0.500. The van der Waals surface area contributed by atoms with Gasteiger partial charge in [-0.2, -0.15) is 8.62 Å². The number of phosphoric ester groups is 1. The Bertz CT molecular complexity index is 1290. The van der Waals surface area contributed by atoms with Gasteiger partial charge in [0.2, 0.25) is 5.91 Å². The molecule has 202 valence electrons. The van der Waals surface area contributed by atoms with Crippen molar-refractivity contribution in [2.24, 2.45) is 5.73 Å². The normalized spacial score (nSPS) is 23.2. The molecule has 1 aromatic rings. The van der Waals surface area contributed by atoms with Crippen molar-refractivity contribution in [2.45, 2.75) is 24.9 Å². The minimum atomic E-state index is -5.73. The Hall–Kier alpha value is -2.00. The first-order chi connectivity index (χ1) is 16.5. The van der Waals surface area contributed by atoms with Crippen molar-refractivity contribution in [3.63, 3.8) is 0 Å². The predicted molar refractivity (Wildman–Crippen MR) is 115 cm³/mol. The summed E-state index contributed by atoms with van der Waals surface area (Å²) in [6.45, 7) is -1.36. The Balaban J connectivity index is 2.08. The number of nitrogens with two attached hydrogens (primary N) is 1. The fourth-order valence-electron chi connectivity index (χ4n) is 2.65. The van der Waals surface area contributed by atoms with E-state index in [1.54, 1.807) is 0 Å². The summed E-state index contributed by atoms with van der Waals surface area (Å²) in [5, 5.41) is 12.5. The highest BCUT2D eigenvalue weighted by atomic mass is 31.3. The number of H-pyrrole nitrogens is 1. The summed E-state index contributed by atoms with van der Waals surface area (Å²) in [6.07, 6.45) is -3.31. The van der Waals surface area contributed by atoms with Gasteiger partial charge in [0.15, 0.2) is 0 Å². The molecule has 1 aromatic heterocycles. The standard InChI is InChI=1S/C14H21N4O15P3/c15-5-11(20)16-3-1-2-8-6-18(14(22)17-13(8)21)12-4-9(19)10(31-12)7-30-35(26,27)33-36(28,29)32-34(23,24)25/h6,9-10,12,19H,3-5,7,15H2,(H,16,20)(H,26,27)(H,28,29)(H,17,21,22)(H2,23,24,25)/t9-,10+,12+/m0/s1. The zero-order valence-corrected chi connectivity index (χ0v) is 20.5. The number of carbonyl (C=O) groups is 1. The summed E-state index contributed by atoms with van der Waals surface area (Å²) in [5.41, 5.74) is 3.12. The molecule has 2 heterocycles. The molecule has 19 nitrogen and oxygen atoms in total. The summed E-state index contributed by atoms with van der Waals surface area (Å²) in [5.74, 6) is 4.42. The number of aromatic amines is 1. The molecular formula is C14H21N4O15P3. The summed E-state index contributed by atoms with van der Waals surface area (Å²) < 4.78 is 51.6. The van der Waals surface area contributed by atoms with E-state index in [2.05, 4.69) is 30.3 Å². The van der Waals surface area contributed by atoms with Gasteiger partial charge in [0, 0.05) is 12.6 Å². The smallest absolute Gasteiger partial charge is 0.390 e. The maximum absolute atomic E-state index is 12.2. The maximum Gasteiger partial charge on any atom is 0.490 e. The van der Waals surface area contributed by atoms with E-state index >= 15 is 0 Å². The fourth-order valence-corrected chi connectivity index (χ4v) is 5.68. The lowest BCUT2D eigenvalue weighted by Crippen LogP contribution is -2.34. The molecule has 2 rings (SSSR count). The van der Waals surface area contributed by atoms with Crippen LogP contribution in [0.1, 0.15) is 18.2 Å². The van der Waals surface area contributed by atoms with Crippen LogP contribution in [0.2, 0.25) is 0 Å². The Morgan fingerprint density at radius 1 is 1.22 bits per heavy atom. The number of ether oxygens (including phenoxy) is 1. The molecule has 1 saturated heterocycles. The molecule has 1 fully saturated rings. The number of carbonyl (C=O) groups excluding carboxylic acids is 1. The Kier molecular flexibility index (Phi) is 10.1. The quantitative estimate of drug-likeness (QED) is 0.101. The van der Waals surface area contributed by atoms with Crippen molar-refractivity contribution in [1.82, 2.24) is 14.9 Å². The van der Waals surface area contributed by atoms with E-state index in [1.165, 1.54) is 0 Å². The predicted octanol–water partition coefficient (Wildman–Crippen LogP) is -3.05. The van der Waals surface area contributed by atoms with Gasteiger partial charge < -0.3 is 40.5 Å². The molecule has 1 aliphatic rings.